The zero-order chi connectivity index (χ0) is 26.4. The normalized spacial score (nSPS) is 27.9. The van der Waals surface area contributed by atoms with E-state index in [1.807, 2.05) is 63.8 Å². The van der Waals surface area contributed by atoms with E-state index in [2.05, 4.69) is 0 Å². The highest BCUT2D eigenvalue weighted by molar-refractivity contribution is 5.99. The number of benzene rings is 1. The molecule has 0 saturated carbocycles. The van der Waals surface area contributed by atoms with E-state index in [4.69, 9.17) is 28.4 Å². The molecule has 0 radical (unpaired) electrons. The predicted octanol–water partition coefficient (Wildman–Crippen LogP) is 3.61. The molecule has 196 valence electrons. The average molecular weight is 502 g/mol. The number of carbonyl (C=O) groups excluding carboxylic acids is 2. The molecular weight excluding hydrogens is 466 g/mol. The molecule has 1 aromatic rings. The van der Waals surface area contributed by atoms with Crippen LogP contribution in [0, 0.1) is 12.8 Å². The number of rotatable bonds is 6. The van der Waals surface area contributed by atoms with E-state index >= 15 is 0 Å². The maximum atomic E-state index is 13.2. The molecule has 0 aliphatic carbocycles. The third kappa shape index (κ3) is 4.56. The smallest absolute Gasteiger partial charge is 0.336 e. The molecule has 9 heteroatoms. The number of aryl methyl sites for hydroxylation is 1. The lowest BCUT2D eigenvalue weighted by molar-refractivity contribution is -0.217. The third-order valence-electron chi connectivity index (χ3n) is 7.08. The van der Waals surface area contributed by atoms with Crippen LogP contribution in [0.5, 0.6) is 0 Å². The van der Waals surface area contributed by atoms with Gasteiger partial charge in [0.2, 0.25) is 0 Å². The van der Waals surface area contributed by atoms with Gasteiger partial charge in [-0.1, -0.05) is 17.7 Å². The first kappa shape index (κ1) is 26.3. The van der Waals surface area contributed by atoms with Crippen molar-refractivity contribution >= 4 is 17.6 Å². The SMILES string of the molecule is COC(=O)C1=C(C)N(c2ccc(C)cc2)C(C)=C(C(=O)OC)C1CC1O[C@H]2OC(C)(C)O[C@H]2[C@@H]1OC. The minimum absolute atomic E-state index is 0.268. The summed E-state index contributed by atoms with van der Waals surface area (Å²) in [7, 11) is 4.25. The highest BCUT2D eigenvalue weighted by Gasteiger charge is 2.56. The Morgan fingerprint density at radius 2 is 1.47 bits per heavy atom. The monoisotopic (exact) mass is 501 g/mol. The van der Waals surface area contributed by atoms with Crippen LogP contribution in [0.2, 0.25) is 0 Å². The average Bonchev–Trinajstić information content (AvgIpc) is 3.29. The topological polar surface area (TPSA) is 92.8 Å². The standard InChI is InChI=1S/C27H35NO8/c1-14-9-11-17(12-10-14)28-15(2)20(24(29)32-7)18(21(16(28)3)25(30)33-8)13-19-22(31-6)23-26(34-19)36-27(4,5)35-23/h9-12,18-19,22-23,26H,13H2,1-8H3/t19?,22-,23+,26+/m1/s1. The second kappa shape index (κ2) is 9.97. The van der Waals surface area contributed by atoms with E-state index in [0.717, 1.165) is 11.3 Å². The molecule has 3 aliphatic rings. The Labute approximate surface area is 211 Å². The van der Waals surface area contributed by atoms with Gasteiger partial charge in [0.15, 0.2) is 12.1 Å². The van der Waals surface area contributed by atoms with Gasteiger partial charge in [-0.2, -0.15) is 0 Å². The van der Waals surface area contributed by atoms with Gasteiger partial charge in [0.05, 0.1) is 31.5 Å². The van der Waals surface area contributed by atoms with Crippen molar-refractivity contribution in [1.29, 1.82) is 0 Å². The number of methoxy groups -OCH3 is 3. The summed E-state index contributed by atoms with van der Waals surface area (Å²) < 4.78 is 34.3. The highest BCUT2D eigenvalue weighted by atomic mass is 16.8. The Hall–Kier alpha value is -2.72. The van der Waals surface area contributed by atoms with Gasteiger partial charge < -0.3 is 33.3 Å². The molecule has 0 spiro atoms. The van der Waals surface area contributed by atoms with E-state index in [9.17, 15) is 9.59 Å². The molecule has 1 aromatic carbocycles. The zero-order valence-electron chi connectivity index (χ0n) is 22.1. The lowest BCUT2D eigenvalue weighted by atomic mass is 9.80. The van der Waals surface area contributed by atoms with Gasteiger partial charge in [0.25, 0.3) is 0 Å². The number of esters is 2. The van der Waals surface area contributed by atoms with Gasteiger partial charge in [0.1, 0.15) is 12.2 Å². The molecule has 2 saturated heterocycles. The Morgan fingerprint density at radius 3 is 1.97 bits per heavy atom. The van der Waals surface area contributed by atoms with Gasteiger partial charge >= 0.3 is 11.9 Å². The minimum Gasteiger partial charge on any atom is -0.466 e. The third-order valence-corrected chi connectivity index (χ3v) is 7.08. The minimum atomic E-state index is -0.794. The molecule has 4 rings (SSSR count). The molecule has 3 aliphatic heterocycles. The first-order valence-electron chi connectivity index (χ1n) is 12.0. The van der Waals surface area contributed by atoms with Crippen molar-refractivity contribution in [3.63, 3.8) is 0 Å². The number of nitrogens with zero attached hydrogens (tertiary/aromatic N) is 1. The Morgan fingerprint density at radius 1 is 0.917 bits per heavy atom. The fourth-order valence-electron chi connectivity index (χ4n) is 5.51. The van der Waals surface area contributed by atoms with E-state index in [0.29, 0.717) is 22.5 Å². The molecule has 0 N–H and O–H groups in total. The van der Waals surface area contributed by atoms with Crippen molar-refractivity contribution < 1.29 is 38.0 Å². The first-order chi connectivity index (χ1) is 17.0. The molecular formula is C27H35NO8. The van der Waals surface area contributed by atoms with Gasteiger partial charge in [-0.05, 0) is 53.2 Å². The number of hydrogen-bond donors (Lipinski definition) is 0. The second-order valence-corrected chi connectivity index (χ2v) is 9.78. The van der Waals surface area contributed by atoms with Crippen LogP contribution in [-0.4, -0.2) is 63.7 Å². The van der Waals surface area contributed by atoms with Crippen molar-refractivity contribution in [3.8, 4) is 0 Å². The van der Waals surface area contributed by atoms with Crippen LogP contribution in [0.15, 0.2) is 46.8 Å². The fraction of sp³-hybridized carbons (Fsp3) is 0.556. The Balaban J connectivity index is 1.78. The van der Waals surface area contributed by atoms with Crippen molar-refractivity contribution in [2.45, 2.75) is 71.4 Å². The molecule has 2 fully saturated rings. The van der Waals surface area contributed by atoms with E-state index in [1.165, 1.54) is 14.2 Å². The first-order valence-corrected chi connectivity index (χ1v) is 12.0. The van der Waals surface area contributed by atoms with E-state index in [-0.39, 0.29) is 6.42 Å². The van der Waals surface area contributed by atoms with Crippen LogP contribution in [0.3, 0.4) is 0 Å². The Kier molecular flexibility index (Phi) is 7.30. The van der Waals surface area contributed by atoms with Crippen molar-refractivity contribution in [1.82, 2.24) is 0 Å². The van der Waals surface area contributed by atoms with Crippen LogP contribution in [0.25, 0.3) is 0 Å². The van der Waals surface area contributed by atoms with Crippen LogP contribution in [0.1, 0.15) is 39.7 Å². The summed E-state index contributed by atoms with van der Waals surface area (Å²) in [5.41, 5.74) is 3.98. The molecule has 0 bridgehead atoms. The number of ether oxygens (including phenoxy) is 6. The summed E-state index contributed by atoms with van der Waals surface area (Å²) in [5, 5.41) is 0. The van der Waals surface area contributed by atoms with Crippen LogP contribution >= 0.6 is 0 Å². The maximum Gasteiger partial charge on any atom is 0.336 e. The molecule has 36 heavy (non-hydrogen) atoms. The summed E-state index contributed by atoms with van der Waals surface area (Å²) in [5.74, 6) is -2.49. The number of carbonyl (C=O) groups is 2. The van der Waals surface area contributed by atoms with Crippen molar-refractivity contribution in [2.75, 3.05) is 26.2 Å². The lowest BCUT2D eigenvalue weighted by Gasteiger charge is -2.38. The van der Waals surface area contributed by atoms with Crippen LogP contribution in [0.4, 0.5) is 5.69 Å². The lowest BCUT2D eigenvalue weighted by Crippen LogP contribution is -2.41. The number of hydrogen-bond acceptors (Lipinski definition) is 9. The second-order valence-electron chi connectivity index (χ2n) is 9.78. The van der Waals surface area contributed by atoms with Gasteiger partial charge in [-0.3, -0.25) is 0 Å². The van der Waals surface area contributed by atoms with Gasteiger partial charge in [0, 0.05) is 30.1 Å². The molecule has 0 amide bonds. The van der Waals surface area contributed by atoms with Crippen LogP contribution in [-0.2, 0) is 38.0 Å². The largest absolute Gasteiger partial charge is 0.466 e. The maximum absolute atomic E-state index is 13.2. The number of allylic oxidation sites excluding steroid dienone is 2. The summed E-state index contributed by atoms with van der Waals surface area (Å²) in [4.78, 5) is 28.3. The molecule has 0 aromatic heterocycles. The molecule has 1 unspecified atom stereocenters. The molecule has 3 heterocycles. The molecule has 9 nitrogen and oxygen atoms in total. The molecule has 4 atom stereocenters. The fourth-order valence-corrected chi connectivity index (χ4v) is 5.51. The van der Waals surface area contributed by atoms with Gasteiger partial charge in [-0.25, -0.2) is 9.59 Å². The number of anilines is 1. The zero-order valence-corrected chi connectivity index (χ0v) is 22.1. The van der Waals surface area contributed by atoms with Crippen molar-refractivity contribution in [3.05, 3.63) is 52.4 Å². The summed E-state index contributed by atoms with van der Waals surface area (Å²) in [6, 6.07) is 7.86. The van der Waals surface area contributed by atoms with E-state index in [1.54, 1.807) is 7.11 Å². The summed E-state index contributed by atoms with van der Waals surface area (Å²) >= 11 is 0. The van der Waals surface area contributed by atoms with E-state index < -0.39 is 48.2 Å². The predicted molar refractivity (Wildman–Crippen MR) is 131 cm³/mol. The van der Waals surface area contributed by atoms with Crippen LogP contribution < -0.4 is 4.90 Å². The quantitative estimate of drug-likeness (QED) is 0.542. The summed E-state index contributed by atoms with van der Waals surface area (Å²) in [6.45, 7) is 9.34. The highest BCUT2D eigenvalue weighted by Crippen LogP contribution is 2.45. The van der Waals surface area contributed by atoms with Crippen molar-refractivity contribution in [2.24, 2.45) is 5.92 Å². The Bertz CT molecular complexity index is 1050. The number of fused-ring (bicyclic) bond motifs is 1. The summed E-state index contributed by atoms with van der Waals surface area (Å²) in [6.07, 6.45) is -1.73. The van der Waals surface area contributed by atoms with Gasteiger partial charge in [-0.15, -0.1) is 0 Å².